The maximum absolute atomic E-state index is 12.3. The second kappa shape index (κ2) is 7.96. The Kier molecular flexibility index (Phi) is 5.98. The molecule has 2 rings (SSSR count). The van der Waals surface area contributed by atoms with Gasteiger partial charge in [-0.15, -0.1) is 11.3 Å². The number of benzene rings is 1. The lowest BCUT2D eigenvalue weighted by molar-refractivity contribution is -0.907. The van der Waals surface area contributed by atoms with Crippen LogP contribution in [0.4, 0.5) is 0 Å². The minimum Gasteiger partial charge on any atom is -0.497 e. The van der Waals surface area contributed by atoms with Gasteiger partial charge in [0.1, 0.15) is 12.3 Å². The summed E-state index contributed by atoms with van der Waals surface area (Å²) < 4.78 is 5.12. The first-order valence-electron chi connectivity index (χ1n) is 7.35. The van der Waals surface area contributed by atoms with E-state index in [2.05, 4.69) is 23.8 Å². The summed E-state index contributed by atoms with van der Waals surface area (Å²) in [7, 11) is 3.70. The van der Waals surface area contributed by atoms with E-state index >= 15 is 0 Å². The van der Waals surface area contributed by atoms with Gasteiger partial charge in [0, 0.05) is 6.54 Å². The van der Waals surface area contributed by atoms with Crippen molar-refractivity contribution in [2.45, 2.75) is 26.1 Å². The van der Waals surface area contributed by atoms with Crippen LogP contribution in [-0.4, -0.2) is 26.1 Å². The Morgan fingerprint density at radius 1 is 1.32 bits per heavy atom. The molecule has 0 aliphatic carbocycles. The lowest BCUT2D eigenvalue weighted by Crippen LogP contribution is -3.12. The molecule has 0 bridgehead atoms. The van der Waals surface area contributed by atoms with Crippen molar-refractivity contribution < 1.29 is 14.4 Å². The smallest absolute Gasteiger partial charge is 0.278 e. The predicted molar refractivity (Wildman–Crippen MR) is 89.2 cm³/mol. The van der Waals surface area contributed by atoms with Crippen LogP contribution in [0.2, 0.25) is 0 Å². The molecule has 1 heterocycles. The number of quaternary nitrogens is 1. The van der Waals surface area contributed by atoms with Crippen molar-refractivity contribution in [2.75, 3.05) is 14.2 Å². The van der Waals surface area contributed by atoms with E-state index in [9.17, 15) is 4.79 Å². The summed E-state index contributed by atoms with van der Waals surface area (Å²) in [5.74, 6) is 0.897. The van der Waals surface area contributed by atoms with Gasteiger partial charge in [0.25, 0.3) is 5.91 Å². The van der Waals surface area contributed by atoms with Crippen molar-refractivity contribution in [3.05, 3.63) is 52.2 Å². The van der Waals surface area contributed by atoms with E-state index in [1.165, 1.54) is 9.78 Å². The summed E-state index contributed by atoms with van der Waals surface area (Å²) in [6.45, 7) is 3.38. The van der Waals surface area contributed by atoms with Crippen LogP contribution < -0.4 is 15.0 Å². The topological polar surface area (TPSA) is 42.8 Å². The molecule has 5 heteroatoms. The number of rotatable bonds is 7. The monoisotopic (exact) mass is 319 g/mol. The molecule has 0 saturated heterocycles. The number of likely N-dealkylation sites (N-methyl/N-ethyl adjacent to an activating group) is 1. The van der Waals surface area contributed by atoms with Crippen LogP contribution in [-0.2, 0) is 17.9 Å². The second-order valence-electron chi connectivity index (χ2n) is 5.39. The Labute approximate surface area is 135 Å². The first kappa shape index (κ1) is 16.5. The molecule has 1 amide bonds. The Balaban J connectivity index is 1.82. The minimum atomic E-state index is -0.0830. The number of amides is 1. The normalized spacial score (nSPS) is 13.4. The minimum absolute atomic E-state index is 0.0740. The Bertz CT molecular complexity index is 581. The highest BCUT2D eigenvalue weighted by Crippen LogP contribution is 2.11. The van der Waals surface area contributed by atoms with Crippen LogP contribution in [0.3, 0.4) is 0 Å². The second-order valence-corrected chi connectivity index (χ2v) is 6.42. The Morgan fingerprint density at radius 3 is 2.64 bits per heavy atom. The summed E-state index contributed by atoms with van der Waals surface area (Å²) in [6.07, 6.45) is 0. The van der Waals surface area contributed by atoms with Gasteiger partial charge in [0.15, 0.2) is 6.04 Å². The lowest BCUT2D eigenvalue weighted by Gasteiger charge is -2.20. The van der Waals surface area contributed by atoms with E-state index in [-0.39, 0.29) is 11.9 Å². The van der Waals surface area contributed by atoms with Crippen LogP contribution in [0.15, 0.2) is 41.8 Å². The zero-order chi connectivity index (χ0) is 15.9. The molecule has 0 saturated carbocycles. The maximum atomic E-state index is 12.3. The lowest BCUT2D eigenvalue weighted by atomic mass is 10.2. The van der Waals surface area contributed by atoms with Gasteiger partial charge in [-0.05, 0) is 36.1 Å². The zero-order valence-corrected chi connectivity index (χ0v) is 14.1. The van der Waals surface area contributed by atoms with Crippen molar-refractivity contribution in [1.29, 1.82) is 0 Å². The number of ether oxygens (including phenoxy) is 1. The van der Waals surface area contributed by atoms with E-state index in [0.29, 0.717) is 6.54 Å². The van der Waals surface area contributed by atoms with Gasteiger partial charge in [-0.3, -0.25) is 4.79 Å². The van der Waals surface area contributed by atoms with E-state index in [4.69, 9.17) is 4.74 Å². The number of nitrogens with one attached hydrogen (secondary N) is 2. The molecule has 0 fully saturated rings. The van der Waals surface area contributed by atoms with Gasteiger partial charge < -0.3 is 15.0 Å². The fraction of sp³-hybridized carbons (Fsp3) is 0.353. The average Bonchev–Trinajstić information content (AvgIpc) is 3.05. The SMILES string of the molecule is COc1ccc(CNC(=O)[C@H](C)[NH+](C)Cc2cccs2)cc1. The van der Waals surface area contributed by atoms with E-state index < -0.39 is 0 Å². The molecule has 0 aliphatic rings. The van der Waals surface area contributed by atoms with Crippen LogP contribution in [0.5, 0.6) is 5.75 Å². The van der Waals surface area contributed by atoms with Gasteiger partial charge in [-0.1, -0.05) is 18.2 Å². The number of hydrogen-bond donors (Lipinski definition) is 2. The molecular weight excluding hydrogens is 296 g/mol. The highest BCUT2D eigenvalue weighted by atomic mass is 32.1. The van der Waals surface area contributed by atoms with Crippen molar-refractivity contribution in [3.8, 4) is 5.75 Å². The molecule has 22 heavy (non-hydrogen) atoms. The quantitative estimate of drug-likeness (QED) is 0.812. The van der Waals surface area contributed by atoms with Gasteiger partial charge >= 0.3 is 0 Å². The number of hydrogen-bond acceptors (Lipinski definition) is 3. The highest BCUT2D eigenvalue weighted by molar-refractivity contribution is 7.09. The van der Waals surface area contributed by atoms with Crippen molar-refractivity contribution >= 4 is 17.2 Å². The standard InChI is InChI=1S/C17H22N2O2S/c1-13(19(2)12-16-5-4-10-22-16)17(20)18-11-14-6-8-15(21-3)9-7-14/h4-10,13H,11-12H2,1-3H3,(H,18,20)/p+1/t13-/m0/s1. The van der Waals surface area contributed by atoms with Crippen molar-refractivity contribution in [3.63, 3.8) is 0 Å². The van der Waals surface area contributed by atoms with E-state index in [1.54, 1.807) is 18.4 Å². The predicted octanol–water partition coefficient (Wildman–Crippen LogP) is 1.48. The summed E-state index contributed by atoms with van der Waals surface area (Å²) in [5, 5.41) is 5.07. The van der Waals surface area contributed by atoms with Gasteiger partial charge in [-0.25, -0.2) is 0 Å². The molecule has 1 unspecified atom stereocenters. The first-order chi connectivity index (χ1) is 10.6. The highest BCUT2D eigenvalue weighted by Gasteiger charge is 2.21. The zero-order valence-electron chi connectivity index (χ0n) is 13.3. The summed E-state index contributed by atoms with van der Waals surface area (Å²) >= 11 is 1.73. The Hall–Kier alpha value is -1.85. The summed E-state index contributed by atoms with van der Waals surface area (Å²) in [4.78, 5) is 14.7. The molecule has 1 aromatic heterocycles. The number of methoxy groups -OCH3 is 1. The summed E-state index contributed by atoms with van der Waals surface area (Å²) in [6, 6.07) is 11.8. The Morgan fingerprint density at radius 2 is 2.05 bits per heavy atom. The first-order valence-corrected chi connectivity index (χ1v) is 8.23. The van der Waals surface area contributed by atoms with Crippen LogP contribution in [0.25, 0.3) is 0 Å². The van der Waals surface area contributed by atoms with Crippen LogP contribution in [0.1, 0.15) is 17.4 Å². The average molecular weight is 319 g/mol. The number of carbonyl (C=O) groups excluding carboxylic acids is 1. The van der Waals surface area contributed by atoms with Crippen LogP contribution >= 0.6 is 11.3 Å². The maximum Gasteiger partial charge on any atom is 0.278 e. The van der Waals surface area contributed by atoms with Crippen molar-refractivity contribution in [1.82, 2.24) is 5.32 Å². The largest absolute Gasteiger partial charge is 0.497 e. The summed E-state index contributed by atoms with van der Waals surface area (Å²) in [5.41, 5.74) is 1.07. The van der Waals surface area contributed by atoms with Gasteiger partial charge in [0.2, 0.25) is 0 Å². The molecule has 0 aliphatic heterocycles. The van der Waals surface area contributed by atoms with Crippen molar-refractivity contribution in [2.24, 2.45) is 0 Å². The molecule has 4 nitrogen and oxygen atoms in total. The third-order valence-corrected chi connectivity index (χ3v) is 4.67. The van der Waals surface area contributed by atoms with Gasteiger partial charge in [0.05, 0.1) is 19.0 Å². The third kappa shape index (κ3) is 4.58. The molecular formula is C17H23N2O2S+. The number of carbonyl (C=O) groups is 1. The fourth-order valence-corrected chi connectivity index (χ4v) is 2.95. The van der Waals surface area contributed by atoms with Crippen LogP contribution in [0, 0.1) is 0 Å². The molecule has 0 radical (unpaired) electrons. The molecule has 2 N–H and O–H groups in total. The number of thiophene rings is 1. The molecule has 0 spiro atoms. The van der Waals surface area contributed by atoms with E-state index in [1.807, 2.05) is 37.3 Å². The molecule has 1 aromatic carbocycles. The van der Waals surface area contributed by atoms with Gasteiger partial charge in [-0.2, -0.15) is 0 Å². The molecule has 2 atom stereocenters. The fourth-order valence-electron chi connectivity index (χ4n) is 2.15. The third-order valence-electron chi connectivity index (χ3n) is 3.79. The van der Waals surface area contributed by atoms with E-state index in [0.717, 1.165) is 17.9 Å². The molecule has 118 valence electrons. The molecule has 2 aromatic rings.